The van der Waals surface area contributed by atoms with Crippen molar-refractivity contribution >= 4 is 21.8 Å². The molecule has 5 aromatic rings. The molecule has 0 fully saturated rings. The van der Waals surface area contributed by atoms with Crippen LogP contribution in [-0.2, 0) is 0 Å². The zero-order chi connectivity index (χ0) is 18.4. The third kappa shape index (κ3) is 2.72. The Labute approximate surface area is 159 Å². The average molecular weight is 347 g/mol. The van der Waals surface area contributed by atoms with E-state index in [1.165, 1.54) is 55.2 Å². The summed E-state index contributed by atoms with van der Waals surface area (Å²) >= 11 is 0. The lowest BCUT2D eigenvalue weighted by molar-refractivity contribution is 1.46. The highest BCUT2D eigenvalue weighted by Gasteiger charge is 2.13. The first-order valence-corrected chi connectivity index (χ1v) is 9.37. The summed E-state index contributed by atoms with van der Waals surface area (Å²) in [5, 5.41) is 2.57. The molecular formula is C26H21N. The molecule has 4 aromatic carbocycles. The van der Waals surface area contributed by atoms with Gasteiger partial charge in [0.1, 0.15) is 0 Å². The number of H-pyrrole nitrogens is 1. The molecule has 0 radical (unpaired) electrons. The Morgan fingerprint density at radius 3 is 1.89 bits per heavy atom. The van der Waals surface area contributed by atoms with Gasteiger partial charge in [0.25, 0.3) is 0 Å². The maximum Gasteiger partial charge on any atom is 0.0477 e. The topological polar surface area (TPSA) is 15.8 Å². The minimum absolute atomic E-state index is 1.18. The molecule has 0 saturated heterocycles. The number of fused-ring (bicyclic) bond motifs is 3. The normalized spacial score (nSPS) is 11.3. The van der Waals surface area contributed by atoms with E-state index in [2.05, 4.69) is 104 Å². The van der Waals surface area contributed by atoms with Gasteiger partial charge in [-0.2, -0.15) is 0 Å². The summed E-state index contributed by atoms with van der Waals surface area (Å²) in [6.45, 7) is 4.26. The minimum atomic E-state index is 1.18. The Bertz CT molecular complexity index is 1260. The largest absolute Gasteiger partial charge is 0.354 e. The van der Waals surface area contributed by atoms with E-state index in [9.17, 15) is 0 Å². The number of para-hydroxylation sites is 1. The van der Waals surface area contributed by atoms with E-state index >= 15 is 0 Å². The maximum atomic E-state index is 3.62. The number of hydrogen-bond donors (Lipinski definition) is 1. The van der Waals surface area contributed by atoms with Crippen molar-refractivity contribution in [3.05, 3.63) is 96.1 Å². The van der Waals surface area contributed by atoms with Crippen LogP contribution in [0, 0.1) is 13.8 Å². The molecule has 1 N–H and O–H groups in total. The van der Waals surface area contributed by atoms with Crippen molar-refractivity contribution in [3.63, 3.8) is 0 Å². The lowest BCUT2D eigenvalue weighted by Gasteiger charge is -2.10. The number of hydrogen-bond acceptors (Lipinski definition) is 0. The van der Waals surface area contributed by atoms with Crippen LogP contribution in [0.25, 0.3) is 44.1 Å². The number of aromatic amines is 1. The summed E-state index contributed by atoms with van der Waals surface area (Å²) in [6, 6.07) is 30.8. The van der Waals surface area contributed by atoms with Crippen molar-refractivity contribution in [2.45, 2.75) is 13.8 Å². The molecule has 0 amide bonds. The van der Waals surface area contributed by atoms with Crippen LogP contribution in [0.1, 0.15) is 11.1 Å². The number of nitrogens with one attached hydrogen (secondary N) is 1. The van der Waals surface area contributed by atoms with Gasteiger partial charge in [-0.1, -0.05) is 77.9 Å². The zero-order valence-corrected chi connectivity index (χ0v) is 15.6. The van der Waals surface area contributed by atoms with Crippen molar-refractivity contribution in [3.8, 4) is 22.3 Å². The number of aromatic nitrogens is 1. The molecule has 0 atom stereocenters. The molecule has 0 saturated carbocycles. The number of rotatable bonds is 2. The third-order valence-electron chi connectivity index (χ3n) is 5.35. The fourth-order valence-electron chi connectivity index (χ4n) is 3.86. The predicted octanol–water partition coefficient (Wildman–Crippen LogP) is 7.27. The molecule has 1 heteroatoms. The van der Waals surface area contributed by atoms with E-state index in [1.54, 1.807) is 0 Å². The summed E-state index contributed by atoms with van der Waals surface area (Å²) in [5.74, 6) is 0. The lowest BCUT2D eigenvalue weighted by atomic mass is 9.94. The van der Waals surface area contributed by atoms with Crippen LogP contribution in [0.15, 0.2) is 84.9 Å². The van der Waals surface area contributed by atoms with Crippen LogP contribution in [0.4, 0.5) is 0 Å². The maximum absolute atomic E-state index is 3.62. The predicted molar refractivity (Wildman–Crippen MR) is 116 cm³/mol. The first-order chi connectivity index (χ1) is 13.2. The Morgan fingerprint density at radius 2 is 1.19 bits per heavy atom. The van der Waals surface area contributed by atoms with Gasteiger partial charge in [0.05, 0.1) is 0 Å². The molecule has 130 valence electrons. The zero-order valence-electron chi connectivity index (χ0n) is 15.6. The second-order valence-electron chi connectivity index (χ2n) is 7.35. The molecule has 0 unspecified atom stereocenters. The van der Waals surface area contributed by atoms with Gasteiger partial charge in [0, 0.05) is 21.8 Å². The van der Waals surface area contributed by atoms with E-state index in [1.807, 2.05) is 0 Å². The summed E-state index contributed by atoms with van der Waals surface area (Å²) in [7, 11) is 0. The molecule has 0 aliphatic heterocycles. The molecule has 0 bridgehead atoms. The van der Waals surface area contributed by atoms with E-state index < -0.39 is 0 Å². The lowest BCUT2D eigenvalue weighted by Crippen LogP contribution is -1.85. The van der Waals surface area contributed by atoms with Crippen molar-refractivity contribution in [1.29, 1.82) is 0 Å². The van der Waals surface area contributed by atoms with E-state index in [-0.39, 0.29) is 0 Å². The van der Waals surface area contributed by atoms with Gasteiger partial charge in [-0.05, 0) is 54.3 Å². The fraction of sp³-hybridized carbons (Fsp3) is 0.0769. The molecule has 27 heavy (non-hydrogen) atoms. The van der Waals surface area contributed by atoms with Crippen molar-refractivity contribution < 1.29 is 0 Å². The smallest absolute Gasteiger partial charge is 0.0477 e. The molecule has 1 aromatic heterocycles. The Hall–Kier alpha value is -3.32. The van der Waals surface area contributed by atoms with E-state index in [4.69, 9.17) is 0 Å². The first kappa shape index (κ1) is 15.9. The SMILES string of the molecule is Cc1ccc(-c2cc(-c3ccc(C)cc3)c3c(c2)[nH]c2ccccc23)cc1. The Morgan fingerprint density at radius 1 is 0.556 bits per heavy atom. The van der Waals surface area contributed by atoms with Crippen LogP contribution < -0.4 is 0 Å². The quantitative estimate of drug-likeness (QED) is 0.345. The van der Waals surface area contributed by atoms with Gasteiger partial charge < -0.3 is 4.98 Å². The van der Waals surface area contributed by atoms with Crippen LogP contribution in [-0.4, -0.2) is 4.98 Å². The third-order valence-corrected chi connectivity index (χ3v) is 5.35. The molecular weight excluding hydrogens is 326 g/mol. The van der Waals surface area contributed by atoms with Gasteiger partial charge in [-0.15, -0.1) is 0 Å². The van der Waals surface area contributed by atoms with Gasteiger partial charge >= 0.3 is 0 Å². The highest BCUT2D eigenvalue weighted by atomic mass is 14.7. The van der Waals surface area contributed by atoms with Crippen LogP contribution in [0.2, 0.25) is 0 Å². The van der Waals surface area contributed by atoms with Gasteiger partial charge in [0.15, 0.2) is 0 Å². The van der Waals surface area contributed by atoms with Gasteiger partial charge in [0.2, 0.25) is 0 Å². The Kier molecular flexibility index (Phi) is 3.61. The average Bonchev–Trinajstić information content (AvgIpc) is 3.07. The summed E-state index contributed by atoms with van der Waals surface area (Å²) in [4.78, 5) is 3.62. The van der Waals surface area contributed by atoms with Crippen LogP contribution in [0.5, 0.6) is 0 Å². The Balaban J connectivity index is 1.85. The second kappa shape index (κ2) is 6.14. The van der Waals surface area contributed by atoms with Crippen LogP contribution in [0.3, 0.4) is 0 Å². The number of benzene rings is 4. The van der Waals surface area contributed by atoms with E-state index in [0.29, 0.717) is 0 Å². The monoisotopic (exact) mass is 347 g/mol. The highest BCUT2D eigenvalue weighted by Crippen LogP contribution is 2.38. The second-order valence-corrected chi connectivity index (χ2v) is 7.35. The highest BCUT2D eigenvalue weighted by molar-refractivity contribution is 6.15. The molecule has 5 rings (SSSR count). The minimum Gasteiger partial charge on any atom is -0.354 e. The molecule has 0 aliphatic rings. The van der Waals surface area contributed by atoms with Crippen molar-refractivity contribution in [2.75, 3.05) is 0 Å². The molecule has 1 nitrogen and oxygen atoms in total. The molecule has 1 heterocycles. The standard InChI is InChI=1S/C26H21N/c1-17-7-11-19(12-8-17)21-15-23(20-13-9-18(2)10-14-20)26-22-5-3-4-6-24(22)27-25(26)16-21/h3-16,27H,1-2H3. The first-order valence-electron chi connectivity index (χ1n) is 9.37. The van der Waals surface area contributed by atoms with Crippen molar-refractivity contribution in [2.24, 2.45) is 0 Å². The van der Waals surface area contributed by atoms with E-state index in [0.717, 1.165) is 0 Å². The van der Waals surface area contributed by atoms with Gasteiger partial charge in [-0.3, -0.25) is 0 Å². The molecule has 0 spiro atoms. The summed E-state index contributed by atoms with van der Waals surface area (Å²) < 4.78 is 0. The van der Waals surface area contributed by atoms with Gasteiger partial charge in [-0.25, -0.2) is 0 Å². The number of aryl methyl sites for hydroxylation is 2. The van der Waals surface area contributed by atoms with Crippen molar-refractivity contribution in [1.82, 2.24) is 4.98 Å². The fourth-order valence-corrected chi connectivity index (χ4v) is 3.86. The molecule has 0 aliphatic carbocycles. The van der Waals surface area contributed by atoms with Crippen LogP contribution >= 0.6 is 0 Å². The summed E-state index contributed by atoms with van der Waals surface area (Å²) in [5.41, 5.74) is 9.95. The summed E-state index contributed by atoms with van der Waals surface area (Å²) in [6.07, 6.45) is 0.